The molecule has 4 rings (SSSR count). The second kappa shape index (κ2) is 5.02. The maximum atomic E-state index is 6.38. The Kier molecular flexibility index (Phi) is 3.17. The zero-order valence-corrected chi connectivity index (χ0v) is 12.0. The minimum Gasteiger partial charge on any atom is -0.378 e. The van der Waals surface area contributed by atoms with Crippen molar-refractivity contribution in [3.8, 4) is 0 Å². The quantitative estimate of drug-likeness (QED) is 0.712. The summed E-state index contributed by atoms with van der Waals surface area (Å²) in [4.78, 5) is 13.7. The molecule has 6 nitrogen and oxygen atoms in total. The number of morpholine rings is 2. The molecule has 2 saturated heterocycles. The normalized spacial score (nSPS) is 25.6. The van der Waals surface area contributed by atoms with Crippen molar-refractivity contribution in [2.45, 2.75) is 12.5 Å². The molecule has 0 bridgehead atoms. The van der Waals surface area contributed by atoms with E-state index in [1.54, 1.807) is 0 Å². The minimum absolute atomic E-state index is 0.366. The lowest BCUT2D eigenvalue weighted by Crippen LogP contribution is -2.43. The predicted octanol–water partition coefficient (Wildman–Crippen LogP) is 0.728. The molecule has 0 saturated carbocycles. The standard InChI is InChI=1S/C13H17ClN4O2/c14-11-10-7-9-8-20-6-3-18(9)12(10)16-13(15-11)17-1-4-19-5-2-17/h9H,1-8H2/t9-/m0/s1. The SMILES string of the molecule is Clc1nc(N2CCOCC2)nc2c1C[C@H]1COCCN21. The van der Waals surface area contributed by atoms with Crippen molar-refractivity contribution in [2.24, 2.45) is 0 Å². The van der Waals surface area contributed by atoms with Crippen molar-refractivity contribution in [3.05, 3.63) is 10.7 Å². The molecule has 1 atom stereocenters. The van der Waals surface area contributed by atoms with Gasteiger partial charge in [-0.1, -0.05) is 11.6 Å². The molecule has 0 spiro atoms. The van der Waals surface area contributed by atoms with Crippen molar-refractivity contribution in [2.75, 3.05) is 55.9 Å². The van der Waals surface area contributed by atoms with E-state index < -0.39 is 0 Å². The fourth-order valence-electron chi connectivity index (χ4n) is 3.09. The van der Waals surface area contributed by atoms with Crippen molar-refractivity contribution in [1.29, 1.82) is 0 Å². The van der Waals surface area contributed by atoms with E-state index in [4.69, 9.17) is 26.1 Å². The van der Waals surface area contributed by atoms with Crippen molar-refractivity contribution in [1.82, 2.24) is 9.97 Å². The second-order valence-corrected chi connectivity index (χ2v) is 5.70. The average Bonchev–Trinajstić information content (AvgIpc) is 2.88. The Bertz CT molecular complexity index is 521. The summed E-state index contributed by atoms with van der Waals surface area (Å²) in [5.41, 5.74) is 1.07. The lowest BCUT2D eigenvalue weighted by molar-refractivity contribution is 0.0974. The summed E-state index contributed by atoms with van der Waals surface area (Å²) >= 11 is 6.38. The predicted molar refractivity (Wildman–Crippen MR) is 75.7 cm³/mol. The highest BCUT2D eigenvalue weighted by Crippen LogP contribution is 2.37. The Morgan fingerprint density at radius 2 is 1.85 bits per heavy atom. The van der Waals surface area contributed by atoms with Crippen LogP contribution in [0.1, 0.15) is 5.56 Å². The summed E-state index contributed by atoms with van der Waals surface area (Å²) in [6.07, 6.45) is 0.886. The van der Waals surface area contributed by atoms with Gasteiger partial charge in [-0.2, -0.15) is 4.98 Å². The van der Waals surface area contributed by atoms with Gasteiger partial charge >= 0.3 is 0 Å². The first-order chi connectivity index (χ1) is 9.83. The smallest absolute Gasteiger partial charge is 0.228 e. The molecule has 20 heavy (non-hydrogen) atoms. The van der Waals surface area contributed by atoms with Crippen LogP contribution < -0.4 is 9.80 Å². The maximum Gasteiger partial charge on any atom is 0.228 e. The van der Waals surface area contributed by atoms with Gasteiger partial charge in [-0.15, -0.1) is 0 Å². The van der Waals surface area contributed by atoms with Gasteiger partial charge in [0.05, 0.1) is 32.5 Å². The van der Waals surface area contributed by atoms with Crippen LogP contribution in [0.5, 0.6) is 0 Å². The van der Waals surface area contributed by atoms with Gasteiger partial charge in [-0.3, -0.25) is 0 Å². The fourth-order valence-corrected chi connectivity index (χ4v) is 3.33. The zero-order chi connectivity index (χ0) is 13.5. The van der Waals surface area contributed by atoms with Crippen LogP contribution in [-0.2, 0) is 15.9 Å². The topological polar surface area (TPSA) is 50.7 Å². The van der Waals surface area contributed by atoms with Gasteiger partial charge in [-0.25, -0.2) is 4.98 Å². The van der Waals surface area contributed by atoms with Crippen LogP contribution in [0.3, 0.4) is 0 Å². The van der Waals surface area contributed by atoms with Gasteiger partial charge in [0.25, 0.3) is 0 Å². The number of fused-ring (bicyclic) bond motifs is 3. The molecular formula is C13H17ClN4O2. The van der Waals surface area contributed by atoms with Gasteiger partial charge in [-0.05, 0) is 0 Å². The largest absolute Gasteiger partial charge is 0.378 e. The number of anilines is 2. The van der Waals surface area contributed by atoms with E-state index in [9.17, 15) is 0 Å². The molecule has 0 unspecified atom stereocenters. The molecule has 2 fully saturated rings. The molecule has 3 aliphatic rings. The Hall–Kier alpha value is -1.11. The number of aromatic nitrogens is 2. The summed E-state index contributed by atoms with van der Waals surface area (Å²) in [7, 11) is 0. The molecule has 4 heterocycles. The van der Waals surface area contributed by atoms with Gasteiger partial charge in [0.15, 0.2) is 0 Å². The highest BCUT2D eigenvalue weighted by Gasteiger charge is 2.36. The van der Waals surface area contributed by atoms with Gasteiger partial charge < -0.3 is 19.3 Å². The lowest BCUT2D eigenvalue weighted by atomic mass is 10.2. The van der Waals surface area contributed by atoms with Gasteiger partial charge in [0.2, 0.25) is 5.95 Å². The summed E-state index contributed by atoms with van der Waals surface area (Å²) in [6, 6.07) is 0.366. The lowest BCUT2D eigenvalue weighted by Gasteiger charge is -2.32. The monoisotopic (exact) mass is 296 g/mol. The fraction of sp³-hybridized carbons (Fsp3) is 0.692. The van der Waals surface area contributed by atoms with E-state index in [-0.39, 0.29) is 0 Å². The molecule has 3 aliphatic heterocycles. The Morgan fingerprint density at radius 3 is 2.70 bits per heavy atom. The van der Waals surface area contributed by atoms with Crippen LogP contribution in [-0.4, -0.2) is 62.1 Å². The van der Waals surface area contributed by atoms with E-state index in [1.165, 1.54) is 0 Å². The molecule has 1 aromatic rings. The Labute approximate surface area is 122 Å². The van der Waals surface area contributed by atoms with Gasteiger partial charge in [0.1, 0.15) is 11.0 Å². The first-order valence-electron chi connectivity index (χ1n) is 7.06. The van der Waals surface area contributed by atoms with E-state index in [0.717, 1.165) is 69.8 Å². The summed E-state index contributed by atoms with van der Waals surface area (Å²) in [6.45, 7) is 5.47. The number of rotatable bonds is 1. The van der Waals surface area contributed by atoms with E-state index in [0.29, 0.717) is 11.2 Å². The average molecular weight is 297 g/mol. The molecule has 0 radical (unpaired) electrons. The number of hydrogen-bond acceptors (Lipinski definition) is 6. The molecule has 7 heteroatoms. The molecule has 108 valence electrons. The third kappa shape index (κ3) is 2.03. The van der Waals surface area contributed by atoms with E-state index in [2.05, 4.69) is 14.8 Å². The van der Waals surface area contributed by atoms with Crippen LogP contribution in [0.15, 0.2) is 0 Å². The van der Waals surface area contributed by atoms with Crippen LogP contribution >= 0.6 is 11.6 Å². The molecule has 0 N–H and O–H groups in total. The van der Waals surface area contributed by atoms with Crippen LogP contribution in [0.25, 0.3) is 0 Å². The second-order valence-electron chi connectivity index (χ2n) is 5.34. The van der Waals surface area contributed by atoms with Crippen molar-refractivity contribution in [3.63, 3.8) is 0 Å². The highest BCUT2D eigenvalue weighted by molar-refractivity contribution is 6.30. The van der Waals surface area contributed by atoms with Crippen molar-refractivity contribution >= 4 is 23.4 Å². The maximum absolute atomic E-state index is 6.38. The summed E-state index contributed by atoms with van der Waals surface area (Å²) in [5, 5.41) is 0.589. The van der Waals surface area contributed by atoms with E-state index >= 15 is 0 Å². The summed E-state index contributed by atoms with van der Waals surface area (Å²) in [5.74, 6) is 1.73. The summed E-state index contributed by atoms with van der Waals surface area (Å²) < 4.78 is 10.9. The van der Waals surface area contributed by atoms with Crippen LogP contribution in [0.2, 0.25) is 5.15 Å². The molecule has 1 aromatic heterocycles. The minimum atomic E-state index is 0.366. The molecular weight excluding hydrogens is 280 g/mol. The van der Waals surface area contributed by atoms with Gasteiger partial charge in [0, 0.05) is 31.6 Å². The van der Waals surface area contributed by atoms with Crippen molar-refractivity contribution < 1.29 is 9.47 Å². The number of ether oxygens (including phenoxy) is 2. The molecule has 0 amide bonds. The first kappa shape index (κ1) is 12.6. The van der Waals surface area contributed by atoms with E-state index in [1.807, 2.05) is 0 Å². The van der Waals surface area contributed by atoms with Crippen LogP contribution in [0.4, 0.5) is 11.8 Å². The Morgan fingerprint density at radius 1 is 1.05 bits per heavy atom. The number of nitrogens with zero attached hydrogens (tertiary/aromatic N) is 4. The third-order valence-corrected chi connectivity index (χ3v) is 4.47. The highest BCUT2D eigenvalue weighted by atomic mass is 35.5. The Balaban J connectivity index is 1.69. The number of halogens is 1. The number of hydrogen-bond donors (Lipinski definition) is 0. The van der Waals surface area contributed by atoms with Crippen LogP contribution in [0, 0.1) is 0 Å². The zero-order valence-electron chi connectivity index (χ0n) is 11.2. The first-order valence-corrected chi connectivity index (χ1v) is 7.44. The molecule has 0 aliphatic carbocycles. The third-order valence-electron chi connectivity index (χ3n) is 4.16. The molecule has 0 aromatic carbocycles.